The highest BCUT2D eigenvalue weighted by Crippen LogP contribution is 2.27. The Morgan fingerprint density at radius 2 is 1.87 bits per heavy atom. The standard InChI is InChI=1S/C22H26ClN3O5/c1-28-17-9-14(10-18(12-17)29-2)21(27)26-22(24-13-16-5-4-8-31-16)25-15-6-7-20(30-3)19(23)11-15/h6-7,9-12,16H,4-5,8,13H2,1-3H3,(H2,24,25,26,27)/t16-/m1/s1. The lowest BCUT2D eigenvalue weighted by Crippen LogP contribution is -2.36. The van der Waals surface area contributed by atoms with Crippen molar-refractivity contribution in [3.8, 4) is 17.2 Å². The lowest BCUT2D eigenvalue weighted by atomic mass is 10.2. The zero-order chi connectivity index (χ0) is 22.2. The number of nitrogens with one attached hydrogen (secondary N) is 2. The molecule has 0 saturated carbocycles. The van der Waals surface area contributed by atoms with Gasteiger partial charge in [-0.2, -0.15) is 0 Å². The molecule has 9 heteroatoms. The first kappa shape index (κ1) is 22.7. The number of carbonyl (C=O) groups excluding carboxylic acids is 1. The van der Waals surface area contributed by atoms with E-state index in [1.807, 2.05) is 0 Å². The van der Waals surface area contributed by atoms with E-state index in [9.17, 15) is 4.79 Å². The lowest BCUT2D eigenvalue weighted by Gasteiger charge is -2.15. The second-order valence-electron chi connectivity index (χ2n) is 6.85. The van der Waals surface area contributed by atoms with Crippen LogP contribution in [0.3, 0.4) is 0 Å². The van der Waals surface area contributed by atoms with Gasteiger partial charge in [-0.05, 0) is 43.2 Å². The average molecular weight is 448 g/mol. The van der Waals surface area contributed by atoms with Gasteiger partial charge in [-0.25, -0.2) is 4.99 Å². The van der Waals surface area contributed by atoms with Crippen LogP contribution >= 0.6 is 11.6 Å². The first-order chi connectivity index (χ1) is 15.0. The molecule has 1 atom stereocenters. The van der Waals surface area contributed by atoms with Gasteiger partial charge < -0.3 is 24.3 Å². The van der Waals surface area contributed by atoms with Crippen molar-refractivity contribution in [2.45, 2.75) is 18.9 Å². The van der Waals surface area contributed by atoms with Crippen LogP contribution in [0.25, 0.3) is 0 Å². The van der Waals surface area contributed by atoms with Gasteiger partial charge in [0.15, 0.2) is 0 Å². The zero-order valence-corrected chi connectivity index (χ0v) is 18.5. The van der Waals surface area contributed by atoms with E-state index in [4.69, 9.17) is 30.5 Å². The van der Waals surface area contributed by atoms with Crippen molar-refractivity contribution in [1.82, 2.24) is 5.32 Å². The maximum Gasteiger partial charge on any atom is 0.258 e. The van der Waals surface area contributed by atoms with Gasteiger partial charge in [0, 0.05) is 23.9 Å². The first-order valence-electron chi connectivity index (χ1n) is 9.83. The Labute approximate surface area is 186 Å². The third kappa shape index (κ3) is 6.26. The van der Waals surface area contributed by atoms with Gasteiger partial charge >= 0.3 is 0 Å². The van der Waals surface area contributed by atoms with Gasteiger partial charge in [-0.1, -0.05) is 11.6 Å². The third-order valence-electron chi connectivity index (χ3n) is 4.74. The Morgan fingerprint density at radius 1 is 1.13 bits per heavy atom. The molecule has 0 radical (unpaired) electrons. The van der Waals surface area contributed by atoms with Crippen LogP contribution in [-0.2, 0) is 4.74 Å². The molecule has 0 aliphatic carbocycles. The molecule has 0 unspecified atom stereocenters. The highest BCUT2D eigenvalue weighted by atomic mass is 35.5. The van der Waals surface area contributed by atoms with E-state index in [0.29, 0.717) is 40.1 Å². The highest BCUT2D eigenvalue weighted by molar-refractivity contribution is 6.32. The van der Waals surface area contributed by atoms with E-state index in [1.54, 1.807) is 43.5 Å². The number of rotatable bonds is 7. The molecule has 2 N–H and O–H groups in total. The van der Waals surface area contributed by atoms with Crippen molar-refractivity contribution in [2.24, 2.45) is 4.99 Å². The number of anilines is 1. The quantitative estimate of drug-likeness (QED) is 0.496. The Morgan fingerprint density at radius 3 is 2.45 bits per heavy atom. The molecule has 2 aromatic rings. The summed E-state index contributed by atoms with van der Waals surface area (Å²) in [5, 5.41) is 6.37. The number of methoxy groups -OCH3 is 3. The zero-order valence-electron chi connectivity index (χ0n) is 17.7. The van der Waals surface area contributed by atoms with Gasteiger partial charge in [0.2, 0.25) is 5.96 Å². The summed E-state index contributed by atoms with van der Waals surface area (Å²) in [6.45, 7) is 1.15. The van der Waals surface area contributed by atoms with E-state index in [1.165, 1.54) is 14.2 Å². The third-order valence-corrected chi connectivity index (χ3v) is 5.03. The van der Waals surface area contributed by atoms with E-state index >= 15 is 0 Å². The van der Waals surface area contributed by atoms with Gasteiger partial charge in [-0.15, -0.1) is 0 Å². The van der Waals surface area contributed by atoms with Crippen LogP contribution in [0, 0.1) is 0 Å². The fourth-order valence-electron chi connectivity index (χ4n) is 3.09. The Hall–Kier alpha value is -2.97. The number of aliphatic imine (C=N–C) groups is 1. The number of hydrogen-bond donors (Lipinski definition) is 2. The normalized spacial score (nSPS) is 16.0. The molecule has 2 aromatic carbocycles. The molecule has 0 aromatic heterocycles. The monoisotopic (exact) mass is 447 g/mol. The fourth-order valence-corrected chi connectivity index (χ4v) is 3.35. The molecule has 1 saturated heterocycles. The Kier molecular flexibility index (Phi) is 7.97. The molecular formula is C22H26ClN3O5. The lowest BCUT2D eigenvalue weighted by molar-refractivity contribution is 0.0975. The molecule has 0 spiro atoms. The molecule has 1 fully saturated rings. The van der Waals surface area contributed by atoms with Crippen LogP contribution in [0.4, 0.5) is 5.69 Å². The van der Waals surface area contributed by atoms with Crippen molar-refractivity contribution in [3.05, 3.63) is 47.0 Å². The van der Waals surface area contributed by atoms with Crippen molar-refractivity contribution >= 4 is 29.2 Å². The number of benzene rings is 2. The number of amides is 1. The number of halogens is 1. The van der Waals surface area contributed by atoms with Gasteiger partial charge in [0.1, 0.15) is 17.2 Å². The number of hydrogen-bond acceptors (Lipinski definition) is 6. The summed E-state index contributed by atoms with van der Waals surface area (Å²) in [6.07, 6.45) is 1.98. The minimum Gasteiger partial charge on any atom is -0.497 e. The predicted molar refractivity (Wildman–Crippen MR) is 120 cm³/mol. The summed E-state index contributed by atoms with van der Waals surface area (Å²) < 4.78 is 21.3. The molecule has 166 valence electrons. The Balaban J connectivity index is 1.81. The summed E-state index contributed by atoms with van der Waals surface area (Å²) in [5.41, 5.74) is 1.02. The topological polar surface area (TPSA) is 90.4 Å². The van der Waals surface area contributed by atoms with Crippen LogP contribution in [0.15, 0.2) is 41.4 Å². The van der Waals surface area contributed by atoms with Crippen molar-refractivity contribution in [1.29, 1.82) is 0 Å². The van der Waals surface area contributed by atoms with Gasteiger partial charge in [0.25, 0.3) is 5.91 Å². The SMILES string of the molecule is COc1cc(OC)cc(C(=O)NC(=NC[C@H]2CCCO2)Nc2ccc(OC)c(Cl)c2)c1. The van der Waals surface area contributed by atoms with Gasteiger partial charge in [0.05, 0.1) is 39.0 Å². The van der Waals surface area contributed by atoms with E-state index in [0.717, 1.165) is 19.4 Å². The van der Waals surface area contributed by atoms with Crippen LogP contribution in [0.1, 0.15) is 23.2 Å². The van der Waals surface area contributed by atoms with E-state index in [-0.39, 0.29) is 18.0 Å². The average Bonchev–Trinajstić information content (AvgIpc) is 3.31. The fraction of sp³-hybridized carbons (Fsp3) is 0.364. The molecule has 8 nitrogen and oxygen atoms in total. The number of nitrogens with zero attached hydrogens (tertiary/aromatic N) is 1. The minimum absolute atomic E-state index is 0.0325. The largest absolute Gasteiger partial charge is 0.497 e. The second-order valence-corrected chi connectivity index (χ2v) is 7.26. The maximum absolute atomic E-state index is 12.9. The number of carbonyl (C=O) groups is 1. The summed E-state index contributed by atoms with van der Waals surface area (Å²) in [5.74, 6) is 1.49. The first-order valence-corrected chi connectivity index (χ1v) is 10.2. The molecule has 31 heavy (non-hydrogen) atoms. The molecule has 0 bridgehead atoms. The number of guanidine groups is 1. The highest BCUT2D eigenvalue weighted by Gasteiger charge is 2.17. The van der Waals surface area contributed by atoms with Crippen molar-refractivity contribution in [2.75, 3.05) is 39.8 Å². The number of ether oxygens (including phenoxy) is 4. The van der Waals surface area contributed by atoms with Crippen LogP contribution in [0.2, 0.25) is 5.02 Å². The van der Waals surface area contributed by atoms with Crippen LogP contribution < -0.4 is 24.8 Å². The van der Waals surface area contributed by atoms with E-state index in [2.05, 4.69) is 15.6 Å². The molecule has 1 amide bonds. The van der Waals surface area contributed by atoms with Gasteiger partial charge in [-0.3, -0.25) is 10.1 Å². The molecular weight excluding hydrogens is 422 g/mol. The van der Waals surface area contributed by atoms with E-state index < -0.39 is 0 Å². The molecule has 1 heterocycles. The molecule has 1 aliphatic rings. The Bertz CT molecular complexity index is 922. The summed E-state index contributed by atoms with van der Waals surface area (Å²) in [4.78, 5) is 17.5. The minimum atomic E-state index is -0.365. The summed E-state index contributed by atoms with van der Waals surface area (Å²) in [6, 6.07) is 10.2. The van der Waals surface area contributed by atoms with Crippen molar-refractivity contribution in [3.63, 3.8) is 0 Å². The predicted octanol–water partition coefficient (Wildman–Crippen LogP) is 3.74. The molecule has 1 aliphatic heterocycles. The second kappa shape index (κ2) is 10.9. The summed E-state index contributed by atoms with van der Waals surface area (Å²) >= 11 is 6.22. The van der Waals surface area contributed by atoms with Crippen LogP contribution in [-0.4, -0.2) is 52.5 Å². The molecule has 3 rings (SSSR count). The van der Waals surface area contributed by atoms with Crippen LogP contribution in [0.5, 0.6) is 17.2 Å². The maximum atomic E-state index is 12.9. The van der Waals surface area contributed by atoms with Crippen molar-refractivity contribution < 1.29 is 23.7 Å². The summed E-state index contributed by atoms with van der Waals surface area (Å²) in [7, 11) is 4.60. The smallest absolute Gasteiger partial charge is 0.258 e.